The molecule has 152 valence electrons. The van der Waals surface area contributed by atoms with Crippen LogP contribution in [0.4, 0.5) is 5.69 Å². The van der Waals surface area contributed by atoms with E-state index >= 15 is 0 Å². The summed E-state index contributed by atoms with van der Waals surface area (Å²) >= 11 is 2.20. The van der Waals surface area contributed by atoms with E-state index in [2.05, 4.69) is 27.9 Å². The first kappa shape index (κ1) is 21.2. The van der Waals surface area contributed by atoms with Gasteiger partial charge in [0.2, 0.25) is 0 Å². The number of furan rings is 1. The van der Waals surface area contributed by atoms with Gasteiger partial charge < -0.3 is 19.6 Å². The number of benzene rings is 2. The molecule has 0 aliphatic rings. The summed E-state index contributed by atoms with van der Waals surface area (Å²) in [4.78, 5) is 12.4. The molecule has 0 spiro atoms. The molecule has 0 radical (unpaired) electrons. The summed E-state index contributed by atoms with van der Waals surface area (Å²) in [5.41, 5.74) is -0.0161. The number of carbonyl (C=O) groups excluding carboxylic acids is 1. The lowest BCUT2D eigenvalue weighted by atomic mass is 10.3. The van der Waals surface area contributed by atoms with Crippen molar-refractivity contribution in [3.05, 3.63) is 69.7 Å². The van der Waals surface area contributed by atoms with Crippen LogP contribution < -0.4 is 10.1 Å². The predicted octanol–water partition coefficient (Wildman–Crippen LogP) is 4.21. The highest BCUT2D eigenvalue weighted by Gasteiger charge is 2.17. The second kappa shape index (κ2) is 8.87. The predicted molar refractivity (Wildman–Crippen MR) is 116 cm³/mol. The van der Waals surface area contributed by atoms with Crippen molar-refractivity contribution in [2.75, 3.05) is 11.1 Å². The van der Waals surface area contributed by atoms with Gasteiger partial charge in [-0.1, -0.05) is 6.92 Å². The highest BCUT2D eigenvalue weighted by molar-refractivity contribution is 14.1. The number of amides is 1. The van der Waals surface area contributed by atoms with Crippen LogP contribution in [0.1, 0.15) is 23.2 Å². The van der Waals surface area contributed by atoms with Crippen LogP contribution >= 0.6 is 22.6 Å². The van der Waals surface area contributed by atoms with E-state index in [1.807, 2.05) is 24.3 Å². The second-order valence-electron chi connectivity index (χ2n) is 6.05. The molecular formula is C20H18INO6S. The van der Waals surface area contributed by atoms with Crippen molar-refractivity contribution in [2.45, 2.75) is 18.4 Å². The van der Waals surface area contributed by atoms with E-state index in [9.17, 15) is 18.3 Å². The van der Waals surface area contributed by atoms with Gasteiger partial charge in [-0.25, -0.2) is 8.42 Å². The highest BCUT2D eigenvalue weighted by Crippen LogP contribution is 2.27. The van der Waals surface area contributed by atoms with E-state index < -0.39 is 15.7 Å². The lowest BCUT2D eigenvalue weighted by Crippen LogP contribution is -2.12. The van der Waals surface area contributed by atoms with E-state index in [-0.39, 0.29) is 34.5 Å². The third kappa shape index (κ3) is 5.30. The van der Waals surface area contributed by atoms with Crippen molar-refractivity contribution in [3.63, 3.8) is 0 Å². The minimum Gasteiger partial charge on any atom is -0.506 e. The summed E-state index contributed by atoms with van der Waals surface area (Å²) in [6.07, 6.45) is 0. The molecule has 0 aliphatic heterocycles. The van der Waals surface area contributed by atoms with Gasteiger partial charge in [-0.2, -0.15) is 0 Å². The monoisotopic (exact) mass is 527 g/mol. The molecule has 1 aromatic heterocycles. The Morgan fingerprint density at radius 3 is 2.55 bits per heavy atom. The molecular weight excluding hydrogens is 509 g/mol. The topological polar surface area (TPSA) is 106 Å². The van der Waals surface area contributed by atoms with Gasteiger partial charge in [0.25, 0.3) is 5.91 Å². The zero-order chi connectivity index (χ0) is 21.0. The van der Waals surface area contributed by atoms with Crippen molar-refractivity contribution in [1.29, 1.82) is 0 Å². The number of hydrogen-bond donors (Lipinski definition) is 2. The Labute approximate surface area is 181 Å². The lowest BCUT2D eigenvalue weighted by Gasteiger charge is -2.09. The van der Waals surface area contributed by atoms with Gasteiger partial charge in [0, 0.05) is 3.57 Å². The maximum absolute atomic E-state index is 12.4. The Hall–Kier alpha value is -2.53. The molecule has 0 atom stereocenters. The molecule has 7 nitrogen and oxygen atoms in total. The van der Waals surface area contributed by atoms with Gasteiger partial charge in [-0.05, 0) is 77.2 Å². The number of anilines is 1. The fourth-order valence-electron chi connectivity index (χ4n) is 2.42. The number of ether oxygens (including phenoxy) is 1. The lowest BCUT2D eigenvalue weighted by molar-refractivity contribution is 0.0992. The number of halogens is 1. The third-order valence-electron chi connectivity index (χ3n) is 4.04. The quantitative estimate of drug-likeness (QED) is 0.352. The molecule has 0 fully saturated rings. The normalized spacial score (nSPS) is 11.2. The molecule has 2 aromatic carbocycles. The third-order valence-corrected chi connectivity index (χ3v) is 6.49. The molecule has 0 bridgehead atoms. The SMILES string of the molecule is CCS(=O)(=O)c1ccc(O)c(NC(=O)c2ccc(COc3ccc(I)cc3)o2)c1. The van der Waals surface area contributed by atoms with Crippen LogP contribution in [-0.2, 0) is 16.4 Å². The summed E-state index contributed by atoms with van der Waals surface area (Å²) in [5.74, 6) is 0.170. The fraction of sp³-hybridized carbons (Fsp3) is 0.150. The molecule has 0 saturated heterocycles. The number of phenols is 1. The van der Waals surface area contributed by atoms with E-state index in [4.69, 9.17) is 9.15 Å². The van der Waals surface area contributed by atoms with Gasteiger partial charge in [-0.3, -0.25) is 4.79 Å². The smallest absolute Gasteiger partial charge is 0.291 e. The van der Waals surface area contributed by atoms with Crippen molar-refractivity contribution in [1.82, 2.24) is 0 Å². The van der Waals surface area contributed by atoms with Gasteiger partial charge in [0.15, 0.2) is 15.6 Å². The Kier molecular flexibility index (Phi) is 6.48. The molecule has 2 N–H and O–H groups in total. The molecule has 1 heterocycles. The van der Waals surface area contributed by atoms with Gasteiger partial charge in [0.05, 0.1) is 16.3 Å². The van der Waals surface area contributed by atoms with Gasteiger partial charge >= 0.3 is 0 Å². The molecule has 29 heavy (non-hydrogen) atoms. The van der Waals surface area contributed by atoms with Crippen molar-refractivity contribution in [3.8, 4) is 11.5 Å². The maximum atomic E-state index is 12.4. The number of nitrogens with one attached hydrogen (secondary N) is 1. The summed E-state index contributed by atoms with van der Waals surface area (Å²) in [7, 11) is -3.47. The Bertz CT molecular complexity index is 1120. The van der Waals surface area contributed by atoms with Gasteiger partial charge in [-0.15, -0.1) is 0 Å². The first-order valence-electron chi connectivity index (χ1n) is 8.62. The summed E-state index contributed by atoms with van der Waals surface area (Å²) in [5, 5.41) is 12.4. The van der Waals surface area contributed by atoms with Crippen LogP contribution in [0.5, 0.6) is 11.5 Å². The Morgan fingerprint density at radius 1 is 1.14 bits per heavy atom. The maximum Gasteiger partial charge on any atom is 0.291 e. The van der Waals surface area contributed by atoms with Crippen LogP contribution in [0.25, 0.3) is 0 Å². The summed E-state index contributed by atoms with van der Waals surface area (Å²) in [6, 6.07) is 14.3. The minimum atomic E-state index is -3.47. The van der Waals surface area contributed by atoms with E-state index in [0.717, 1.165) is 3.57 Å². The van der Waals surface area contributed by atoms with Crippen LogP contribution in [0.3, 0.4) is 0 Å². The Morgan fingerprint density at radius 2 is 1.86 bits per heavy atom. The first-order chi connectivity index (χ1) is 13.8. The number of sulfone groups is 1. The number of hydrogen-bond acceptors (Lipinski definition) is 6. The number of carbonyl (C=O) groups is 1. The Balaban J connectivity index is 1.69. The average Bonchev–Trinajstić information content (AvgIpc) is 3.18. The molecule has 0 unspecified atom stereocenters. The zero-order valence-corrected chi connectivity index (χ0v) is 18.4. The molecule has 0 saturated carbocycles. The van der Waals surface area contributed by atoms with Gasteiger partial charge in [0.1, 0.15) is 23.9 Å². The van der Waals surface area contributed by atoms with Crippen LogP contribution in [0.15, 0.2) is 63.9 Å². The molecule has 0 aliphatic carbocycles. The van der Waals surface area contributed by atoms with Crippen LogP contribution in [0.2, 0.25) is 0 Å². The highest BCUT2D eigenvalue weighted by atomic mass is 127. The molecule has 1 amide bonds. The number of rotatable bonds is 7. The largest absolute Gasteiger partial charge is 0.506 e. The van der Waals surface area contributed by atoms with Crippen LogP contribution in [-0.4, -0.2) is 25.2 Å². The molecule has 3 aromatic rings. The zero-order valence-electron chi connectivity index (χ0n) is 15.4. The van der Waals surface area contributed by atoms with Crippen molar-refractivity contribution >= 4 is 44.0 Å². The summed E-state index contributed by atoms with van der Waals surface area (Å²) in [6.45, 7) is 1.66. The van der Waals surface area contributed by atoms with E-state index in [1.165, 1.54) is 31.2 Å². The molecule has 3 rings (SSSR count). The first-order valence-corrected chi connectivity index (χ1v) is 11.4. The van der Waals surface area contributed by atoms with Crippen molar-refractivity contribution in [2.24, 2.45) is 0 Å². The number of aromatic hydroxyl groups is 1. The van der Waals surface area contributed by atoms with Crippen LogP contribution in [0, 0.1) is 3.57 Å². The minimum absolute atomic E-state index is 0.00867. The van der Waals surface area contributed by atoms with E-state index in [0.29, 0.717) is 11.5 Å². The summed E-state index contributed by atoms with van der Waals surface area (Å²) < 4.78 is 36.2. The number of phenolic OH excluding ortho intramolecular Hbond substituents is 1. The second-order valence-corrected chi connectivity index (χ2v) is 9.57. The molecule has 9 heteroatoms. The van der Waals surface area contributed by atoms with E-state index in [1.54, 1.807) is 6.07 Å². The standard InChI is InChI=1S/C20H18INO6S/c1-2-29(25,26)16-8-9-18(23)17(11-16)22-20(24)19-10-7-15(28-19)12-27-14-5-3-13(21)4-6-14/h3-11,23H,2,12H2,1H3,(H,22,24). The van der Waals surface area contributed by atoms with Crippen molar-refractivity contribution < 1.29 is 27.5 Å². The fourth-order valence-corrected chi connectivity index (χ4v) is 3.69. The average molecular weight is 527 g/mol.